The van der Waals surface area contributed by atoms with E-state index in [1.807, 2.05) is 6.08 Å². The van der Waals surface area contributed by atoms with Crippen molar-refractivity contribution in [2.45, 2.75) is 19.3 Å². The van der Waals surface area contributed by atoms with E-state index in [1.165, 1.54) is 18.3 Å². The number of nitro benzene ring substituents is 1. The quantitative estimate of drug-likeness (QED) is 0.493. The summed E-state index contributed by atoms with van der Waals surface area (Å²) in [4.78, 5) is 21.6. The van der Waals surface area contributed by atoms with Gasteiger partial charge < -0.3 is 4.74 Å². The van der Waals surface area contributed by atoms with Crippen molar-refractivity contribution in [1.82, 2.24) is 5.43 Å². The van der Waals surface area contributed by atoms with Crippen molar-refractivity contribution in [3.05, 3.63) is 51.8 Å². The highest BCUT2D eigenvalue weighted by atomic mass is 16.6. The van der Waals surface area contributed by atoms with Crippen LogP contribution in [0.2, 0.25) is 0 Å². The number of non-ortho nitro benzene ring substituents is 1. The Morgan fingerprint density at radius 2 is 2.38 bits per heavy atom. The van der Waals surface area contributed by atoms with Crippen LogP contribution in [0, 0.1) is 10.1 Å². The Bertz CT molecular complexity index is 596. The number of hydrogen-bond acceptors (Lipinski definition) is 5. The minimum absolute atomic E-state index is 0.0261. The molecule has 0 bridgehead atoms. The Kier molecular flexibility index (Phi) is 5.03. The van der Waals surface area contributed by atoms with E-state index in [1.54, 1.807) is 12.1 Å². The van der Waals surface area contributed by atoms with E-state index in [9.17, 15) is 14.9 Å². The Morgan fingerprint density at radius 1 is 1.52 bits per heavy atom. The van der Waals surface area contributed by atoms with E-state index in [0.717, 1.165) is 25.0 Å². The first-order valence-electron chi connectivity index (χ1n) is 6.53. The topological polar surface area (TPSA) is 93.8 Å². The van der Waals surface area contributed by atoms with Crippen LogP contribution in [0.25, 0.3) is 0 Å². The van der Waals surface area contributed by atoms with Gasteiger partial charge in [0.25, 0.3) is 11.6 Å². The number of hydrazone groups is 1. The molecule has 1 aromatic rings. The summed E-state index contributed by atoms with van der Waals surface area (Å²) in [6.07, 6.45) is 6.23. The van der Waals surface area contributed by atoms with Crippen molar-refractivity contribution < 1.29 is 14.5 Å². The van der Waals surface area contributed by atoms with Crippen molar-refractivity contribution in [3.63, 3.8) is 0 Å². The molecule has 1 aliphatic carbocycles. The Hall–Kier alpha value is -2.70. The Balaban J connectivity index is 1.80. The second-order valence-electron chi connectivity index (χ2n) is 4.50. The van der Waals surface area contributed by atoms with Gasteiger partial charge >= 0.3 is 0 Å². The second kappa shape index (κ2) is 7.18. The van der Waals surface area contributed by atoms with Crippen LogP contribution in [0.5, 0.6) is 0 Å². The molecular formula is C14H15N3O4. The average Bonchev–Trinajstić information content (AvgIpc) is 2.99. The maximum atomic E-state index is 11.5. The highest BCUT2D eigenvalue weighted by Crippen LogP contribution is 2.17. The molecule has 0 heterocycles. The van der Waals surface area contributed by atoms with Crippen molar-refractivity contribution >= 4 is 17.8 Å². The third kappa shape index (κ3) is 4.72. The third-order valence-electron chi connectivity index (χ3n) is 2.87. The van der Waals surface area contributed by atoms with Crippen LogP contribution in [0.4, 0.5) is 5.69 Å². The maximum Gasteiger partial charge on any atom is 0.277 e. The van der Waals surface area contributed by atoms with Gasteiger partial charge in [-0.3, -0.25) is 14.9 Å². The van der Waals surface area contributed by atoms with Gasteiger partial charge in [-0.2, -0.15) is 5.10 Å². The number of hydrogen-bond donors (Lipinski definition) is 1. The van der Waals surface area contributed by atoms with Gasteiger partial charge in [0, 0.05) is 24.1 Å². The van der Waals surface area contributed by atoms with Gasteiger partial charge in [-0.05, 0) is 18.9 Å². The zero-order valence-electron chi connectivity index (χ0n) is 11.3. The summed E-state index contributed by atoms with van der Waals surface area (Å²) in [5.74, 6) is 0.470. The van der Waals surface area contributed by atoms with Crippen LogP contribution in [0.15, 0.2) is 41.2 Å². The molecule has 110 valence electrons. The summed E-state index contributed by atoms with van der Waals surface area (Å²) < 4.78 is 5.30. The summed E-state index contributed by atoms with van der Waals surface area (Å²) in [6.45, 7) is -0.0852. The van der Waals surface area contributed by atoms with Crippen molar-refractivity contribution in [1.29, 1.82) is 0 Å². The van der Waals surface area contributed by atoms with E-state index >= 15 is 0 Å². The van der Waals surface area contributed by atoms with E-state index in [-0.39, 0.29) is 18.2 Å². The number of benzene rings is 1. The summed E-state index contributed by atoms with van der Waals surface area (Å²) in [5.41, 5.74) is 2.82. The molecule has 1 aromatic carbocycles. The van der Waals surface area contributed by atoms with Crippen LogP contribution in [0.1, 0.15) is 24.8 Å². The number of allylic oxidation sites excluding steroid dienone is 2. The van der Waals surface area contributed by atoms with Crippen molar-refractivity contribution in [3.8, 4) is 0 Å². The molecule has 1 aliphatic rings. The van der Waals surface area contributed by atoms with Gasteiger partial charge in [0.05, 0.1) is 16.9 Å². The molecule has 0 saturated carbocycles. The van der Waals surface area contributed by atoms with Gasteiger partial charge in [0.15, 0.2) is 6.61 Å². The van der Waals surface area contributed by atoms with Crippen LogP contribution in [-0.4, -0.2) is 23.7 Å². The van der Waals surface area contributed by atoms with Gasteiger partial charge in [-0.1, -0.05) is 12.1 Å². The summed E-state index contributed by atoms with van der Waals surface area (Å²) in [7, 11) is 0. The lowest BCUT2D eigenvalue weighted by molar-refractivity contribution is -0.384. The zero-order valence-corrected chi connectivity index (χ0v) is 11.3. The Morgan fingerprint density at radius 3 is 3.10 bits per heavy atom. The fourth-order valence-corrected chi connectivity index (χ4v) is 1.86. The Labute approximate surface area is 121 Å². The van der Waals surface area contributed by atoms with Gasteiger partial charge in [-0.15, -0.1) is 0 Å². The van der Waals surface area contributed by atoms with Crippen LogP contribution >= 0.6 is 0 Å². The van der Waals surface area contributed by atoms with E-state index in [4.69, 9.17) is 4.74 Å². The first-order valence-corrected chi connectivity index (χ1v) is 6.53. The predicted octanol–water partition coefficient (Wildman–Crippen LogP) is 2.13. The lowest BCUT2D eigenvalue weighted by Gasteiger charge is -2.04. The molecule has 0 aromatic heterocycles. The van der Waals surface area contributed by atoms with Crippen molar-refractivity contribution in [2.75, 3.05) is 6.61 Å². The first-order chi connectivity index (χ1) is 10.1. The highest BCUT2D eigenvalue weighted by Gasteiger charge is 2.08. The molecular weight excluding hydrogens is 274 g/mol. The molecule has 1 N–H and O–H groups in total. The molecule has 0 radical (unpaired) electrons. The standard InChI is InChI=1S/C14H15N3O4/c18-14(10-21-13-6-1-2-7-13)16-15-9-11-4-3-5-12(8-11)17(19)20/h3-6,8-9H,1-2,7,10H2,(H,16,18). The number of nitrogens with one attached hydrogen (secondary N) is 1. The van der Waals surface area contributed by atoms with Gasteiger partial charge in [0.2, 0.25) is 0 Å². The molecule has 0 aliphatic heterocycles. The van der Waals surface area contributed by atoms with E-state index in [2.05, 4.69) is 10.5 Å². The smallest absolute Gasteiger partial charge is 0.277 e. The normalized spacial score (nSPS) is 14.0. The first kappa shape index (κ1) is 14.7. The summed E-state index contributed by atoms with van der Waals surface area (Å²) >= 11 is 0. The van der Waals surface area contributed by atoms with Crippen molar-refractivity contribution in [2.24, 2.45) is 5.10 Å². The molecule has 7 nitrogen and oxygen atoms in total. The molecule has 7 heteroatoms. The fraction of sp³-hybridized carbons (Fsp3) is 0.286. The fourth-order valence-electron chi connectivity index (χ4n) is 1.86. The number of rotatable bonds is 6. The highest BCUT2D eigenvalue weighted by molar-refractivity contribution is 5.83. The number of amides is 1. The molecule has 0 atom stereocenters. The van der Waals surface area contributed by atoms with E-state index in [0.29, 0.717) is 5.56 Å². The third-order valence-corrected chi connectivity index (χ3v) is 2.87. The van der Waals surface area contributed by atoms with Gasteiger partial charge in [-0.25, -0.2) is 5.43 Å². The average molecular weight is 289 g/mol. The number of nitro groups is 1. The second-order valence-corrected chi connectivity index (χ2v) is 4.50. The molecule has 21 heavy (non-hydrogen) atoms. The van der Waals surface area contributed by atoms with Gasteiger partial charge in [0.1, 0.15) is 0 Å². The van der Waals surface area contributed by atoms with Crippen LogP contribution < -0.4 is 5.43 Å². The predicted molar refractivity (Wildman–Crippen MR) is 76.7 cm³/mol. The largest absolute Gasteiger partial charge is 0.488 e. The summed E-state index contributed by atoms with van der Waals surface area (Å²) in [6, 6.07) is 5.97. The molecule has 0 unspecified atom stereocenters. The molecule has 2 rings (SSSR count). The number of ether oxygens (including phenoxy) is 1. The molecule has 0 saturated heterocycles. The number of carbonyl (C=O) groups excluding carboxylic acids is 1. The van der Waals surface area contributed by atoms with Crippen LogP contribution in [-0.2, 0) is 9.53 Å². The van der Waals surface area contributed by atoms with E-state index < -0.39 is 4.92 Å². The zero-order chi connectivity index (χ0) is 15.1. The molecule has 0 spiro atoms. The molecule has 0 fully saturated rings. The maximum absolute atomic E-state index is 11.5. The minimum Gasteiger partial charge on any atom is -0.488 e. The SMILES string of the molecule is O=C(COC1=CCCC1)NN=Cc1cccc([N+](=O)[O-])c1. The number of carbonyl (C=O) groups is 1. The van der Waals surface area contributed by atoms with Crippen LogP contribution in [0.3, 0.4) is 0 Å². The molecule has 1 amide bonds. The minimum atomic E-state index is -0.487. The monoisotopic (exact) mass is 289 g/mol. The number of nitrogens with zero attached hydrogens (tertiary/aromatic N) is 2. The lowest BCUT2D eigenvalue weighted by atomic mass is 10.2. The lowest BCUT2D eigenvalue weighted by Crippen LogP contribution is -2.22. The summed E-state index contributed by atoms with van der Waals surface area (Å²) in [5, 5.41) is 14.4.